The van der Waals surface area contributed by atoms with Gasteiger partial charge in [0, 0.05) is 45.3 Å². The molecule has 2 aromatic heterocycles. The van der Waals surface area contributed by atoms with Crippen LogP contribution in [0, 0.1) is 0 Å². The topological polar surface area (TPSA) is 33.5 Å². The maximum atomic E-state index is 9.59. The average molecular weight is 875 g/mol. The monoisotopic (exact) mass is 874 g/mol. The molecule has 326 valence electrons. The van der Waals surface area contributed by atoms with Crippen molar-refractivity contribution in [2.24, 2.45) is 0 Å². The van der Waals surface area contributed by atoms with E-state index in [1.54, 1.807) is 10.6 Å². The zero-order chi connectivity index (χ0) is 50.8. The highest BCUT2D eigenvalue weighted by atomic mass is 16.5. The highest BCUT2D eigenvalue weighted by Gasteiger charge is 2.33. The van der Waals surface area contributed by atoms with Gasteiger partial charge in [-0.05, 0) is 117 Å². The molecule has 0 fully saturated rings. The van der Waals surface area contributed by atoms with Crippen molar-refractivity contribution in [1.29, 1.82) is 0 Å². The third-order valence-electron chi connectivity index (χ3n) is 13.2. The largest absolute Gasteiger partial charge is 0.457 e. The van der Waals surface area contributed by atoms with Crippen molar-refractivity contribution in [3.05, 3.63) is 205 Å². The van der Waals surface area contributed by atoms with Crippen LogP contribution in [0.15, 0.2) is 194 Å². The van der Waals surface area contributed by atoms with Crippen molar-refractivity contribution < 1.29 is 13.0 Å². The smallest absolute Gasteiger partial charge is 0.138 e. The Balaban J connectivity index is 1.21. The van der Waals surface area contributed by atoms with Crippen LogP contribution in [0.1, 0.15) is 60.9 Å². The summed E-state index contributed by atoms with van der Waals surface area (Å²) in [6, 6.07) is 52.7. The number of hydrogen-bond donors (Lipinski definition) is 0. The number of anilines is 4. The van der Waals surface area contributed by atoms with Crippen molar-refractivity contribution in [1.82, 2.24) is 9.55 Å². The van der Waals surface area contributed by atoms with Gasteiger partial charge in [-0.15, -0.1) is 0 Å². The van der Waals surface area contributed by atoms with Crippen molar-refractivity contribution in [2.75, 3.05) is 16.5 Å². The summed E-state index contributed by atoms with van der Waals surface area (Å²) in [7, 11) is 0. The molecule has 8 aromatic carbocycles. The number of pyridine rings is 1. The standard InChI is InChI=1S/C62H52N4O/c1-61(2,3)43-33-52(40-18-8-7-9-19-40)60-53(34-43)49-25-11-10-24-48(49)41-20-16-21-42(32-41)54-35-44(62(4,5)6)36-59(63-54)66-55-27-13-12-26-50(55)51-31-30-47(38-58(51)66)67-46-23-17-22-45(37-46)64-39-65(60)57-29-15-14-28-56(57)64/h7-38H,39H2,1-6H3/i12D,13D,26D,27D,30D,31D. The Bertz CT molecular complexity index is 3930. The summed E-state index contributed by atoms with van der Waals surface area (Å²) in [6.45, 7) is 13.7. The van der Waals surface area contributed by atoms with Crippen LogP contribution in [0.3, 0.4) is 0 Å². The Morgan fingerprint density at radius 1 is 0.493 bits per heavy atom. The molecule has 5 nitrogen and oxygen atoms in total. The molecule has 0 spiro atoms. The van der Waals surface area contributed by atoms with Gasteiger partial charge < -0.3 is 14.5 Å². The number of nitrogens with zero attached hydrogens (tertiary/aromatic N) is 4. The van der Waals surface area contributed by atoms with Gasteiger partial charge in [0.25, 0.3) is 0 Å². The second-order valence-electron chi connectivity index (χ2n) is 19.7. The Kier molecular flexibility index (Phi) is 7.90. The van der Waals surface area contributed by atoms with Crippen LogP contribution < -0.4 is 14.5 Å². The van der Waals surface area contributed by atoms with Crippen molar-refractivity contribution >= 4 is 44.6 Å². The van der Waals surface area contributed by atoms with Gasteiger partial charge in [0.05, 0.1) is 42.0 Å². The van der Waals surface area contributed by atoms with Gasteiger partial charge in [-0.2, -0.15) is 0 Å². The van der Waals surface area contributed by atoms with E-state index in [9.17, 15) is 5.48 Å². The molecule has 2 aliphatic heterocycles. The third-order valence-corrected chi connectivity index (χ3v) is 13.2. The molecule has 12 rings (SSSR count). The highest BCUT2D eigenvalue weighted by Crippen LogP contribution is 2.53. The average Bonchev–Trinajstić information content (AvgIpc) is 3.95. The second kappa shape index (κ2) is 15.4. The van der Waals surface area contributed by atoms with Gasteiger partial charge in [-0.25, -0.2) is 4.98 Å². The molecule has 0 amide bonds. The van der Waals surface area contributed by atoms with Crippen LogP contribution in [0.5, 0.6) is 11.5 Å². The quantitative estimate of drug-likeness (QED) is 0.165. The van der Waals surface area contributed by atoms with Crippen LogP contribution in [0.4, 0.5) is 22.7 Å². The number of ether oxygens (including phenoxy) is 1. The summed E-state index contributed by atoms with van der Waals surface area (Å²) < 4.78 is 63.8. The van der Waals surface area contributed by atoms with E-state index in [-0.39, 0.29) is 57.0 Å². The Hall–Kier alpha value is -7.89. The Labute approximate surface area is 401 Å². The molecule has 67 heavy (non-hydrogen) atoms. The van der Waals surface area contributed by atoms with Gasteiger partial charge in [0.15, 0.2) is 0 Å². The van der Waals surface area contributed by atoms with Gasteiger partial charge >= 0.3 is 0 Å². The van der Waals surface area contributed by atoms with Crippen LogP contribution in [0.25, 0.3) is 72.3 Å². The Morgan fingerprint density at radius 2 is 1.15 bits per heavy atom. The second-order valence-corrected chi connectivity index (χ2v) is 19.7. The zero-order valence-corrected chi connectivity index (χ0v) is 38.4. The number of hydrogen-bond acceptors (Lipinski definition) is 4. The van der Waals surface area contributed by atoms with Crippen LogP contribution in [-0.2, 0) is 10.8 Å². The predicted molar refractivity (Wildman–Crippen MR) is 280 cm³/mol. The molecule has 0 N–H and O–H groups in total. The van der Waals surface area contributed by atoms with Crippen LogP contribution in [-0.4, -0.2) is 16.2 Å². The van der Waals surface area contributed by atoms with E-state index in [1.165, 1.54) is 5.56 Å². The van der Waals surface area contributed by atoms with E-state index in [2.05, 4.69) is 179 Å². The van der Waals surface area contributed by atoms with E-state index < -0.39 is 12.1 Å². The number of benzene rings is 8. The van der Waals surface area contributed by atoms with Crippen molar-refractivity contribution in [2.45, 2.75) is 52.4 Å². The molecular weight excluding hydrogens is 817 g/mol. The van der Waals surface area contributed by atoms with Gasteiger partial charge in [0.1, 0.15) is 24.0 Å². The fraction of sp³-hybridized carbons (Fsp3) is 0.145. The molecule has 0 aliphatic carbocycles. The maximum absolute atomic E-state index is 9.59. The SMILES string of the molecule is [2H]c1c2cc3c(c1[2H])c1c([2H])c([2H])c([2H])c([2H])c1n3-c1cc(C(C)(C)C)cc(n1)-c1cccc(c1)-c1ccccc1-c1cc(C(C)(C)C)cc(-c3ccccc3)c1N1CN(c3cccc(c3)O2)c2ccccc21. The predicted octanol–water partition coefficient (Wildman–Crippen LogP) is 16.8. The van der Waals surface area contributed by atoms with Gasteiger partial charge in [0.2, 0.25) is 0 Å². The van der Waals surface area contributed by atoms with Crippen LogP contribution in [0.2, 0.25) is 0 Å². The normalized spacial score (nSPS) is 14.5. The van der Waals surface area contributed by atoms with Crippen molar-refractivity contribution in [3.8, 4) is 62.0 Å². The van der Waals surface area contributed by atoms with E-state index in [1.807, 2.05) is 24.3 Å². The summed E-state index contributed by atoms with van der Waals surface area (Å²) in [5.41, 5.74) is 14.0. The zero-order valence-electron chi connectivity index (χ0n) is 44.4. The number of aromatic nitrogens is 2. The molecule has 10 aromatic rings. The van der Waals surface area contributed by atoms with E-state index >= 15 is 0 Å². The first-order valence-corrected chi connectivity index (χ1v) is 22.9. The number of rotatable bonds is 1. The summed E-state index contributed by atoms with van der Waals surface area (Å²) in [5.74, 6) is 0.946. The molecule has 0 saturated carbocycles. The van der Waals surface area contributed by atoms with E-state index in [0.29, 0.717) is 29.4 Å². The fourth-order valence-corrected chi connectivity index (χ4v) is 9.75. The lowest BCUT2D eigenvalue weighted by Gasteiger charge is -2.31. The van der Waals surface area contributed by atoms with E-state index in [4.69, 9.17) is 12.5 Å². The fourth-order valence-electron chi connectivity index (χ4n) is 9.75. The molecular formula is C62H52N4O. The third kappa shape index (κ3) is 6.96. The Morgan fingerprint density at radius 3 is 1.96 bits per heavy atom. The maximum Gasteiger partial charge on any atom is 0.138 e. The summed E-state index contributed by atoms with van der Waals surface area (Å²) in [5, 5.41) is 0.362. The van der Waals surface area contributed by atoms with Gasteiger partial charge in [-0.3, -0.25) is 4.57 Å². The number of para-hydroxylation sites is 3. The minimum absolute atomic E-state index is 0.0945. The number of fused-ring (bicyclic) bond motifs is 23. The summed E-state index contributed by atoms with van der Waals surface area (Å²) in [4.78, 5) is 10.1. The first-order chi connectivity index (χ1) is 35.0. The lowest BCUT2D eigenvalue weighted by Crippen LogP contribution is -2.25. The molecule has 10 bridgehead atoms. The first kappa shape index (κ1) is 34.5. The highest BCUT2D eigenvalue weighted by molar-refractivity contribution is 6.09. The molecule has 5 heteroatoms. The molecule has 0 unspecified atom stereocenters. The molecule has 2 aliphatic rings. The lowest BCUT2D eigenvalue weighted by molar-refractivity contribution is 0.483. The molecule has 0 atom stereocenters. The lowest BCUT2D eigenvalue weighted by atomic mass is 9.81. The first-order valence-electron chi connectivity index (χ1n) is 25.9. The molecule has 0 saturated heterocycles. The minimum atomic E-state index is -0.419. The molecule has 4 heterocycles. The van der Waals surface area contributed by atoms with Crippen LogP contribution >= 0.6 is 0 Å². The molecule has 0 radical (unpaired) electrons. The van der Waals surface area contributed by atoms with Crippen molar-refractivity contribution in [3.63, 3.8) is 0 Å². The van der Waals surface area contributed by atoms with E-state index in [0.717, 1.165) is 67.3 Å². The summed E-state index contributed by atoms with van der Waals surface area (Å²) in [6.07, 6.45) is 0. The summed E-state index contributed by atoms with van der Waals surface area (Å²) >= 11 is 0. The van der Waals surface area contributed by atoms with Gasteiger partial charge in [-0.1, -0.05) is 151 Å². The minimum Gasteiger partial charge on any atom is -0.457 e.